The quantitative estimate of drug-likeness (QED) is 0.626. The van der Waals surface area contributed by atoms with Gasteiger partial charge in [0.2, 0.25) is 0 Å². The molecule has 68 valence electrons. The van der Waals surface area contributed by atoms with Crippen LogP contribution in [0, 0.1) is 12.8 Å². The summed E-state index contributed by atoms with van der Waals surface area (Å²) in [4.78, 5) is 0. The van der Waals surface area contributed by atoms with Crippen molar-refractivity contribution in [3.8, 4) is 5.75 Å². The Bertz CT molecular complexity index is 175. The van der Waals surface area contributed by atoms with Crippen LogP contribution in [0.3, 0.4) is 0 Å². The third-order valence-electron chi connectivity index (χ3n) is 1.03. The Kier molecular flexibility index (Phi) is 5.18. The minimum Gasteiger partial charge on any atom is -0.508 e. The first kappa shape index (κ1) is 11.0. The summed E-state index contributed by atoms with van der Waals surface area (Å²) in [5, 5.41) is 8.76. The summed E-state index contributed by atoms with van der Waals surface area (Å²) in [6.07, 6.45) is 0. The standard InChI is InChI=1S/C7H8O.C4H10/c1-6-2-4-7(8)5-3-6;1-4(2)3/h2-5,8H,1H3;4H,1-3H3. The highest BCUT2D eigenvalue weighted by atomic mass is 16.3. The van der Waals surface area contributed by atoms with Crippen molar-refractivity contribution in [3.05, 3.63) is 29.8 Å². The number of phenols is 1. The van der Waals surface area contributed by atoms with Gasteiger partial charge in [0, 0.05) is 0 Å². The van der Waals surface area contributed by atoms with Gasteiger partial charge in [0.15, 0.2) is 0 Å². The molecule has 0 radical (unpaired) electrons. The lowest BCUT2D eigenvalue weighted by Gasteiger charge is -1.89. The Balaban J connectivity index is 0.000000261. The molecular formula is C11H18O. The fourth-order valence-electron chi connectivity index (χ4n) is 0.545. The van der Waals surface area contributed by atoms with E-state index in [9.17, 15) is 0 Å². The van der Waals surface area contributed by atoms with Gasteiger partial charge in [-0.25, -0.2) is 0 Å². The Morgan fingerprint density at radius 1 is 1.00 bits per heavy atom. The van der Waals surface area contributed by atoms with Gasteiger partial charge in [0.25, 0.3) is 0 Å². The van der Waals surface area contributed by atoms with E-state index in [0.29, 0.717) is 5.75 Å². The van der Waals surface area contributed by atoms with E-state index in [-0.39, 0.29) is 0 Å². The molecule has 0 heterocycles. The molecule has 0 saturated carbocycles. The van der Waals surface area contributed by atoms with E-state index in [0.717, 1.165) is 5.92 Å². The van der Waals surface area contributed by atoms with Crippen molar-refractivity contribution in [2.75, 3.05) is 0 Å². The lowest BCUT2D eigenvalue weighted by Crippen LogP contribution is -1.66. The normalized spacial score (nSPS) is 9.08. The molecule has 0 aromatic heterocycles. The van der Waals surface area contributed by atoms with Gasteiger partial charge in [-0.15, -0.1) is 0 Å². The monoisotopic (exact) mass is 166 g/mol. The first-order valence-electron chi connectivity index (χ1n) is 4.28. The van der Waals surface area contributed by atoms with Crippen molar-refractivity contribution >= 4 is 0 Å². The number of hydrogen-bond acceptors (Lipinski definition) is 1. The molecule has 0 aliphatic rings. The Hall–Kier alpha value is -0.980. The SMILES string of the molecule is CC(C)C.Cc1ccc(O)cc1. The van der Waals surface area contributed by atoms with Gasteiger partial charge in [0.1, 0.15) is 5.75 Å². The summed E-state index contributed by atoms with van der Waals surface area (Å²) < 4.78 is 0. The molecule has 0 aliphatic heterocycles. The smallest absolute Gasteiger partial charge is 0.115 e. The third-order valence-corrected chi connectivity index (χ3v) is 1.03. The molecule has 1 rings (SSSR count). The zero-order valence-corrected chi connectivity index (χ0v) is 8.33. The maximum absolute atomic E-state index is 8.76. The molecule has 1 heteroatoms. The van der Waals surface area contributed by atoms with E-state index in [1.165, 1.54) is 5.56 Å². The minimum absolute atomic E-state index is 0.329. The molecule has 0 unspecified atom stereocenters. The fourth-order valence-corrected chi connectivity index (χ4v) is 0.545. The number of rotatable bonds is 0. The van der Waals surface area contributed by atoms with Gasteiger partial charge in [-0.3, -0.25) is 0 Å². The zero-order chi connectivity index (χ0) is 9.56. The molecule has 12 heavy (non-hydrogen) atoms. The number of aromatic hydroxyl groups is 1. The van der Waals surface area contributed by atoms with Crippen LogP contribution in [0.1, 0.15) is 26.3 Å². The van der Waals surface area contributed by atoms with Gasteiger partial charge >= 0.3 is 0 Å². The molecule has 1 aromatic rings. The number of benzene rings is 1. The van der Waals surface area contributed by atoms with Crippen molar-refractivity contribution in [3.63, 3.8) is 0 Å². The lowest BCUT2D eigenvalue weighted by molar-refractivity contribution is 0.475. The minimum atomic E-state index is 0.329. The van der Waals surface area contributed by atoms with Crippen LogP contribution < -0.4 is 0 Å². The van der Waals surface area contributed by atoms with E-state index in [2.05, 4.69) is 20.8 Å². The van der Waals surface area contributed by atoms with E-state index in [1.54, 1.807) is 12.1 Å². The topological polar surface area (TPSA) is 20.2 Å². The summed E-state index contributed by atoms with van der Waals surface area (Å²) in [7, 11) is 0. The Labute approximate surface area is 75.1 Å². The van der Waals surface area contributed by atoms with Gasteiger partial charge in [-0.1, -0.05) is 38.5 Å². The average molecular weight is 166 g/mol. The second-order valence-electron chi connectivity index (χ2n) is 3.57. The van der Waals surface area contributed by atoms with E-state index < -0.39 is 0 Å². The van der Waals surface area contributed by atoms with Crippen LogP contribution in [0.5, 0.6) is 5.75 Å². The maximum atomic E-state index is 8.76. The van der Waals surface area contributed by atoms with Gasteiger partial charge in [-0.05, 0) is 25.0 Å². The summed E-state index contributed by atoms with van der Waals surface area (Å²) in [5.74, 6) is 1.16. The number of phenolic OH excluding ortho intramolecular Hbond substituents is 1. The molecule has 0 fully saturated rings. The molecule has 0 spiro atoms. The van der Waals surface area contributed by atoms with Crippen LogP contribution in [0.4, 0.5) is 0 Å². The predicted octanol–water partition coefficient (Wildman–Crippen LogP) is 3.36. The first-order valence-corrected chi connectivity index (χ1v) is 4.28. The highest BCUT2D eigenvalue weighted by molar-refractivity contribution is 5.24. The maximum Gasteiger partial charge on any atom is 0.115 e. The predicted molar refractivity (Wildman–Crippen MR) is 53.4 cm³/mol. The Morgan fingerprint density at radius 2 is 1.33 bits per heavy atom. The lowest BCUT2D eigenvalue weighted by atomic mass is 10.2. The van der Waals surface area contributed by atoms with Crippen molar-refractivity contribution in [2.45, 2.75) is 27.7 Å². The zero-order valence-electron chi connectivity index (χ0n) is 8.33. The summed E-state index contributed by atoms with van der Waals surface area (Å²) in [6, 6.07) is 7.09. The van der Waals surface area contributed by atoms with Crippen LogP contribution in [0.15, 0.2) is 24.3 Å². The van der Waals surface area contributed by atoms with Crippen LogP contribution in [0.2, 0.25) is 0 Å². The largest absolute Gasteiger partial charge is 0.508 e. The molecule has 0 amide bonds. The van der Waals surface area contributed by atoms with Crippen LogP contribution in [-0.4, -0.2) is 5.11 Å². The second-order valence-corrected chi connectivity index (χ2v) is 3.57. The molecule has 0 aliphatic carbocycles. The number of aryl methyl sites for hydroxylation is 1. The van der Waals surface area contributed by atoms with Crippen LogP contribution >= 0.6 is 0 Å². The summed E-state index contributed by atoms with van der Waals surface area (Å²) in [6.45, 7) is 8.49. The molecule has 1 aromatic carbocycles. The van der Waals surface area contributed by atoms with Gasteiger partial charge in [-0.2, -0.15) is 0 Å². The number of hydrogen-bond donors (Lipinski definition) is 1. The van der Waals surface area contributed by atoms with Crippen LogP contribution in [-0.2, 0) is 0 Å². The van der Waals surface area contributed by atoms with Crippen molar-refractivity contribution in [1.29, 1.82) is 0 Å². The van der Waals surface area contributed by atoms with E-state index >= 15 is 0 Å². The highest BCUT2D eigenvalue weighted by Crippen LogP contribution is 2.07. The van der Waals surface area contributed by atoms with Crippen molar-refractivity contribution in [1.82, 2.24) is 0 Å². The Morgan fingerprint density at radius 3 is 1.58 bits per heavy atom. The third kappa shape index (κ3) is 7.13. The summed E-state index contributed by atoms with van der Waals surface area (Å²) in [5.41, 5.74) is 1.17. The average Bonchev–Trinajstić information content (AvgIpc) is 1.94. The van der Waals surface area contributed by atoms with Crippen molar-refractivity contribution in [2.24, 2.45) is 5.92 Å². The van der Waals surface area contributed by atoms with E-state index in [1.807, 2.05) is 19.1 Å². The molecular weight excluding hydrogens is 148 g/mol. The van der Waals surface area contributed by atoms with E-state index in [4.69, 9.17) is 5.11 Å². The molecule has 1 N–H and O–H groups in total. The first-order chi connectivity index (χ1) is 5.52. The second kappa shape index (κ2) is 5.64. The fraction of sp³-hybridized carbons (Fsp3) is 0.455. The molecule has 0 bridgehead atoms. The van der Waals surface area contributed by atoms with Gasteiger partial charge in [0.05, 0.1) is 0 Å². The summed E-state index contributed by atoms with van der Waals surface area (Å²) >= 11 is 0. The van der Waals surface area contributed by atoms with Crippen LogP contribution in [0.25, 0.3) is 0 Å². The highest BCUT2D eigenvalue weighted by Gasteiger charge is 1.82. The molecule has 0 atom stereocenters. The van der Waals surface area contributed by atoms with Gasteiger partial charge < -0.3 is 5.11 Å². The van der Waals surface area contributed by atoms with Crippen molar-refractivity contribution < 1.29 is 5.11 Å². The molecule has 0 saturated heterocycles. The molecule has 1 nitrogen and oxygen atoms in total.